The summed E-state index contributed by atoms with van der Waals surface area (Å²) in [6.45, 7) is 3.05. The largest absolute Gasteiger partial charge is 0.497 e. The van der Waals surface area contributed by atoms with Gasteiger partial charge in [-0.15, -0.1) is 0 Å². The molecule has 23 heavy (non-hydrogen) atoms. The molecular formula is C19H24NO3+. The molecule has 2 aromatic rings. The molecular weight excluding hydrogens is 290 g/mol. The van der Waals surface area contributed by atoms with Gasteiger partial charge in [0.05, 0.1) is 13.7 Å². The maximum Gasteiger partial charge on any atom is 0.137 e. The number of hydrogen-bond acceptors (Lipinski definition) is 3. The second-order valence-electron chi connectivity index (χ2n) is 6.04. The fourth-order valence-corrected chi connectivity index (χ4v) is 3.09. The normalized spacial score (nSPS) is 18.1. The Labute approximate surface area is 137 Å². The van der Waals surface area contributed by atoms with Gasteiger partial charge in [-0.2, -0.15) is 0 Å². The first-order valence-corrected chi connectivity index (χ1v) is 8.10. The van der Waals surface area contributed by atoms with Crippen LogP contribution < -0.4 is 14.4 Å². The lowest BCUT2D eigenvalue weighted by atomic mass is 10.00. The van der Waals surface area contributed by atoms with Gasteiger partial charge in [-0.05, 0) is 17.7 Å². The molecule has 0 aliphatic carbocycles. The minimum atomic E-state index is -0.471. The zero-order chi connectivity index (χ0) is 16.1. The number of nitrogens with one attached hydrogen (secondary N) is 1. The molecule has 122 valence electrons. The molecule has 2 unspecified atom stereocenters. The fourth-order valence-electron chi connectivity index (χ4n) is 3.09. The first-order chi connectivity index (χ1) is 11.2. The molecule has 3 rings (SSSR count). The predicted molar refractivity (Wildman–Crippen MR) is 89.0 cm³/mol. The third-order valence-electron chi connectivity index (χ3n) is 4.31. The monoisotopic (exact) mass is 314 g/mol. The molecule has 1 aliphatic rings. The van der Waals surface area contributed by atoms with E-state index in [9.17, 15) is 5.11 Å². The standard InChI is InChI=1S/C19H23NO3/c1-22-18-7-4-8-19(11-18)23-14-17(21)13-20-10-9-15-5-2-3-6-16(15)12-20/h2-8,11,17,21H,9-10,12-14H2,1H3/p+1. The van der Waals surface area contributed by atoms with Crippen molar-refractivity contribution in [3.63, 3.8) is 0 Å². The van der Waals surface area contributed by atoms with Crippen LogP contribution in [0.4, 0.5) is 0 Å². The highest BCUT2D eigenvalue weighted by atomic mass is 16.5. The van der Waals surface area contributed by atoms with Crippen molar-refractivity contribution in [3.05, 3.63) is 59.7 Å². The van der Waals surface area contributed by atoms with Gasteiger partial charge in [-0.3, -0.25) is 0 Å². The molecule has 4 heteroatoms. The number of benzene rings is 2. The van der Waals surface area contributed by atoms with Crippen LogP contribution in [-0.4, -0.2) is 38.0 Å². The summed E-state index contributed by atoms with van der Waals surface area (Å²) in [4.78, 5) is 1.41. The van der Waals surface area contributed by atoms with Crippen molar-refractivity contribution >= 4 is 0 Å². The molecule has 0 aromatic heterocycles. The predicted octanol–water partition coefficient (Wildman–Crippen LogP) is 1.08. The molecule has 0 fully saturated rings. The minimum absolute atomic E-state index is 0.304. The molecule has 2 aromatic carbocycles. The van der Waals surface area contributed by atoms with Crippen LogP contribution in [0.25, 0.3) is 0 Å². The first-order valence-electron chi connectivity index (χ1n) is 8.10. The molecule has 0 bridgehead atoms. The summed E-state index contributed by atoms with van der Waals surface area (Å²) in [5.74, 6) is 1.48. The number of ether oxygens (including phenoxy) is 2. The number of methoxy groups -OCH3 is 1. The number of fused-ring (bicyclic) bond motifs is 1. The third kappa shape index (κ3) is 4.24. The van der Waals surface area contributed by atoms with Crippen LogP contribution in [0.2, 0.25) is 0 Å². The molecule has 0 saturated carbocycles. The molecule has 1 aliphatic heterocycles. The van der Waals surface area contributed by atoms with Crippen LogP contribution in [0, 0.1) is 0 Å². The van der Waals surface area contributed by atoms with E-state index in [1.807, 2.05) is 24.3 Å². The summed E-state index contributed by atoms with van der Waals surface area (Å²) < 4.78 is 10.8. The van der Waals surface area contributed by atoms with Gasteiger partial charge >= 0.3 is 0 Å². The smallest absolute Gasteiger partial charge is 0.137 e. The van der Waals surface area contributed by atoms with Gasteiger partial charge in [0.2, 0.25) is 0 Å². The second kappa shape index (κ2) is 7.49. The number of quaternary nitrogens is 1. The number of rotatable bonds is 6. The lowest BCUT2D eigenvalue weighted by Gasteiger charge is -2.27. The quantitative estimate of drug-likeness (QED) is 0.838. The zero-order valence-corrected chi connectivity index (χ0v) is 13.5. The third-order valence-corrected chi connectivity index (χ3v) is 4.31. The second-order valence-corrected chi connectivity index (χ2v) is 6.04. The average Bonchev–Trinajstić information content (AvgIpc) is 2.60. The Morgan fingerprint density at radius 1 is 1.09 bits per heavy atom. The summed E-state index contributed by atoms with van der Waals surface area (Å²) >= 11 is 0. The summed E-state index contributed by atoms with van der Waals surface area (Å²) in [5.41, 5.74) is 2.84. The fraction of sp³-hybridized carbons (Fsp3) is 0.368. The average molecular weight is 314 g/mol. The zero-order valence-electron chi connectivity index (χ0n) is 13.5. The Kier molecular flexibility index (Phi) is 5.16. The van der Waals surface area contributed by atoms with E-state index in [4.69, 9.17) is 9.47 Å². The van der Waals surface area contributed by atoms with Gasteiger partial charge in [0.1, 0.15) is 37.3 Å². The highest BCUT2D eigenvalue weighted by Gasteiger charge is 2.21. The molecule has 2 N–H and O–H groups in total. The Balaban J connectivity index is 1.49. The Morgan fingerprint density at radius 2 is 1.87 bits per heavy atom. The first kappa shape index (κ1) is 15.8. The molecule has 1 heterocycles. The van der Waals surface area contributed by atoms with Gasteiger partial charge in [-0.25, -0.2) is 0 Å². The van der Waals surface area contributed by atoms with Gasteiger partial charge in [0.15, 0.2) is 0 Å². The Hall–Kier alpha value is -2.04. The number of hydrogen-bond donors (Lipinski definition) is 2. The lowest BCUT2D eigenvalue weighted by molar-refractivity contribution is -0.918. The Morgan fingerprint density at radius 3 is 2.70 bits per heavy atom. The molecule has 0 amide bonds. The van der Waals surface area contributed by atoms with Crippen molar-refractivity contribution in [2.75, 3.05) is 26.8 Å². The summed E-state index contributed by atoms with van der Waals surface area (Å²) in [7, 11) is 1.63. The van der Waals surface area contributed by atoms with Crippen molar-refractivity contribution in [2.45, 2.75) is 19.1 Å². The lowest BCUT2D eigenvalue weighted by Crippen LogP contribution is -3.13. The van der Waals surface area contributed by atoms with Crippen LogP contribution in [0.1, 0.15) is 11.1 Å². The van der Waals surface area contributed by atoms with Crippen molar-refractivity contribution < 1.29 is 19.5 Å². The van der Waals surface area contributed by atoms with Crippen molar-refractivity contribution in [1.82, 2.24) is 0 Å². The molecule has 4 nitrogen and oxygen atoms in total. The Bertz CT molecular complexity index is 644. The van der Waals surface area contributed by atoms with Crippen molar-refractivity contribution in [1.29, 1.82) is 0 Å². The number of aliphatic hydroxyl groups is 1. The molecule has 2 atom stereocenters. The van der Waals surface area contributed by atoms with E-state index in [2.05, 4.69) is 24.3 Å². The highest BCUT2D eigenvalue weighted by molar-refractivity contribution is 5.32. The van der Waals surface area contributed by atoms with Gasteiger partial charge in [0.25, 0.3) is 0 Å². The van der Waals surface area contributed by atoms with Crippen molar-refractivity contribution in [3.8, 4) is 11.5 Å². The van der Waals surface area contributed by atoms with Crippen LogP contribution in [0.5, 0.6) is 11.5 Å². The summed E-state index contributed by atoms with van der Waals surface area (Å²) in [6.07, 6.45) is 0.607. The SMILES string of the molecule is COc1cccc(OCC(O)C[NH+]2CCc3ccccc3C2)c1. The van der Waals surface area contributed by atoms with Crippen LogP contribution >= 0.6 is 0 Å². The topological polar surface area (TPSA) is 43.1 Å². The summed E-state index contributed by atoms with van der Waals surface area (Å²) in [6, 6.07) is 16.0. The molecule has 0 saturated heterocycles. The van der Waals surface area contributed by atoms with E-state index in [1.165, 1.54) is 16.0 Å². The van der Waals surface area contributed by atoms with E-state index >= 15 is 0 Å². The van der Waals surface area contributed by atoms with Gasteiger partial charge < -0.3 is 19.5 Å². The van der Waals surface area contributed by atoms with E-state index in [-0.39, 0.29) is 0 Å². The maximum absolute atomic E-state index is 10.3. The van der Waals surface area contributed by atoms with Gasteiger partial charge in [0, 0.05) is 18.1 Å². The van der Waals surface area contributed by atoms with E-state index < -0.39 is 6.10 Å². The molecule has 0 spiro atoms. The van der Waals surface area contributed by atoms with Crippen LogP contribution in [-0.2, 0) is 13.0 Å². The van der Waals surface area contributed by atoms with Crippen molar-refractivity contribution in [2.24, 2.45) is 0 Å². The molecule has 0 radical (unpaired) electrons. The van der Waals surface area contributed by atoms with E-state index in [0.717, 1.165) is 31.0 Å². The van der Waals surface area contributed by atoms with E-state index in [1.54, 1.807) is 7.11 Å². The van der Waals surface area contributed by atoms with Crippen LogP contribution in [0.15, 0.2) is 48.5 Å². The maximum atomic E-state index is 10.3. The minimum Gasteiger partial charge on any atom is -0.497 e. The van der Waals surface area contributed by atoms with Crippen LogP contribution in [0.3, 0.4) is 0 Å². The highest BCUT2D eigenvalue weighted by Crippen LogP contribution is 2.18. The summed E-state index contributed by atoms with van der Waals surface area (Å²) in [5, 5.41) is 10.3. The number of aliphatic hydroxyl groups excluding tert-OH is 1. The van der Waals surface area contributed by atoms with E-state index in [0.29, 0.717) is 13.2 Å². The van der Waals surface area contributed by atoms with Gasteiger partial charge in [-0.1, -0.05) is 30.3 Å².